The van der Waals surface area contributed by atoms with Crippen LogP contribution >= 0.6 is 23.2 Å². The molecule has 112 valence electrons. The van der Waals surface area contributed by atoms with E-state index in [0.29, 0.717) is 4.49 Å². The molecular weight excluding hydrogens is 287 g/mol. The Balaban J connectivity index is 2.40. The second kappa shape index (κ2) is 10.3. The van der Waals surface area contributed by atoms with Crippen LogP contribution in [0.1, 0.15) is 69.4 Å². The van der Waals surface area contributed by atoms with Gasteiger partial charge < -0.3 is 0 Å². The summed E-state index contributed by atoms with van der Waals surface area (Å²) in [5, 5.41) is 0. The summed E-state index contributed by atoms with van der Waals surface area (Å²) in [4.78, 5) is 0. The van der Waals surface area contributed by atoms with E-state index in [4.69, 9.17) is 23.2 Å². The van der Waals surface area contributed by atoms with Gasteiger partial charge in [-0.2, -0.15) is 0 Å². The summed E-state index contributed by atoms with van der Waals surface area (Å²) in [7, 11) is 0. The molecular formula is C18H26Cl2. The molecule has 0 nitrogen and oxygen atoms in total. The average Bonchev–Trinajstić information content (AvgIpc) is 2.41. The van der Waals surface area contributed by atoms with Crippen LogP contribution in [0, 0.1) is 6.92 Å². The van der Waals surface area contributed by atoms with Crippen molar-refractivity contribution in [2.24, 2.45) is 0 Å². The molecule has 20 heavy (non-hydrogen) atoms. The molecule has 0 unspecified atom stereocenters. The van der Waals surface area contributed by atoms with Crippen molar-refractivity contribution in [2.45, 2.75) is 65.2 Å². The molecule has 0 bridgehead atoms. The predicted octanol–water partition coefficient (Wildman–Crippen LogP) is 7.28. The largest absolute Gasteiger partial charge is 0.110 e. The molecule has 2 heteroatoms. The second-order valence-corrected chi connectivity index (χ2v) is 6.43. The van der Waals surface area contributed by atoms with Crippen LogP contribution in [0.5, 0.6) is 0 Å². The van der Waals surface area contributed by atoms with Gasteiger partial charge in [0, 0.05) is 0 Å². The molecule has 0 aromatic heterocycles. The first-order valence-corrected chi connectivity index (χ1v) is 8.52. The zero-order chi connectivity index (χ0) is 14.8. The van der Waals surface area contributed by atoms with Gasteiger partial charge in [-0.25, -0.2) is 0 Å². The molecule has 0 N–H and O–H groups in total. The zero-order valence-corrected chi connectivity index (χ0v) is 14.2. The summed E-state index contributed by atoms with van der Waals surface area (Å²) < 4.78 is 0.418. The van der Waals surface area contributed by atoms with Gasteiger partial charge in [-0.15, -0.1) is 0 Å². The molecule has 0 aliphatic carbocycles. The van der Waals surface area contributed by atoms with E-state index in [1.54, 1.807) is 0 Å². The molecule has 0 aliphatic rings. The lowest BCUT2D eigenvalue weighted by Gasteiger charge is -2.09. The van der Waals surface area contributed by atoms with Crippen LogP contribution in [0.15, 0.2) is 28.8 Å². The molecule has 0 heterocycles. The number of rotatable bonds is 9. The van der Waals surface area contributed by atoms with Crippen molar-refractivity contribution in [1.29, 1.82) is 0 Å². The minimum absolute atomic E-state index is 0.418. The van der Waals surface area contributed by atoms with E-state index in [1.807, 2.05) is 0 Å². The van der Waals surface area contributed by atoms with Gasteiger partial charge in [-0.1, -0.05) is 98.5 Å². The number of halogens is 2. The maximum absolute atomic E-state index is 6.06. The highest BCUT2D eigenvalue weighted by Gasteiger charge is 2.06. The molecule has 0 radical (unpaired) electrons. The molecule has 0 saturated heterocycles. The van der Waals surface area contributed by atoms with Crippen molar-refractivity contribution in [1.82, 2.24) is 0 Å². The molecule has 0 amide bonds. The minimum Gasteiger partial charge on any atom is -0.0706 e. The van der Waals surface area contributed by atoms with Crippen molar-refractivity contribution in [3.63, 3.8) is 0 Å². The number of allylic oxidation sites excluding steroid dienone is 1. The summed E-state index contributed by atoms with van der Waals surface area (Å²) in [5.41, 5.74) is 3.50. The van der Waals surface area contributed by atoms with Gasteiger partial charge in [0.1, 0.15) is 4.49 Å². The fourth-order valence-corrected chi connectivity index (χ4v) is 2.85. The molecule has 0 atom stereocenters. The highest BCUT2D eigenvalue weighted by atomic mass is 35.5. The van der Waals surface area contributed by atoms with Gasteiger partial charge in [0.05, 0.1) is 0 Å². The molecule has 0 spiro atoms. The normalized spacial score (nSPS) is 10.6. The SMILES string of the molecule is CCCCCCCCCC(=C(Cl)Cl)c1cccc(C)c1. The van der Waals surface area contributed by atoms with E-state index in [0.717, 1.165) is 17.6 Å². The topological polar surface area (TPSA) is 0 Å². The first kappa shape index (κ1) is 17.6. The van der Waals surface area contributed by atoms with Crippen LogP contribution in [-0.4, -0.2) is 0 Å². The lowest BCUT2D eigenvalue weighted by Crippen LogP contribution is -1.88. The average molecular weight is 313 g/mol. The van der Waals surface area contributed by atoms with Gasteiger partial charge in [-0.3, -0.25) is 0 Å². The van der Waals surface area contributed by atoms with E-state index < -0.39 is 0 Å². The Morgan fingerprint density at radius 2 is 1.60 bits per heavy atom. The highest BCUT2D eigenvalue weighted by molar-refractivity contribution is 6.58. The first-order valence-electron chi connectivity index (χ1n) is 7.76. The highest BCUT2D eigenvalue weighted by Crippen LogP contribution is 2.29. The maximum atomic E-state index is 6.06. The third-order valence-electron chi connectivity index (χ3n) is 3.62. The number of hydrogen-bond acceptors (Lipinski definition) is 0. The quantitative estimate of drug-likeness (QED) is 0.420. The van der Waals surface area contributed by atoms with Gasteiger partial charge >= 0.3 is 0 Å². The Bertz CT molecular complexity index is 417. The summed E-state index contributed by atoms with van der Waals surface area (Å²) in [6.07, 6.45) is 10.1. The number of aryl methyl sites for hydroxylation is 1. The van der Waals surface area contributed by atoms with E-state index in [-0.39, 0.29) is 0 Å². The zero-order valence-electron chi connectivity index (χ0n) is 12.7. The second-order valence-electron chi connectivity index (χ2n) is 5.48. The van der Waals surface area contributed by atoms with Crippen molar-refractivity contribution < 1.29 is 0 Å². The van der Waals surface area contributed by atoms with Crippen LogP contribution in [0.3, 0.4) is 0 Å². The van der Waals surface area contributed by atoms with E-state index in [2.05, 4.69) is 38.1 Å². The Morgan fingerprint density at radius 3 is 2.20 bits per heavy atom. The number of unbranched alkanes of at least 4 members (excludes halogenated alkanes) is 6. The summed E-state index contributed by atoms with van der Waals surface area (Å²) >= 11 is 12.1. The number of hydrogen-bond donors (Lipinski definition) is 0. The smallest absolute Gasteiger partial charge is 0.0706 e. The van der Waals surface area contributed by atoms with Crippen LogP contribution in [-0.2, 0) is 0 Å². The minimum atomic E-state index is 0.418. The van der Waals surface area contributed by atoms with Gasteiger partial charge in [0.15, 0.2) is 0 Å². The molecule has 0 saturated carbocycles. The van der Waals surface area contributed by atoms with Crippen molar-refractivity contribution in [3.05, 3.63) is 39.9 Å². The fraction of sp³-hybridized carbons (Fsp3) is 0.556. The Kier molecular flexibility index (Phi) is 9.05. The Hall–Kier alpha value is -0.460. The summed E-state index contributed by atoms with van der Waals surface area (Å²) in [6, 6.07) is 8.40. The van der Waals surface area contributed by atoms with Crippen LogP contribution in [0.4, 0.5) is 0 Å². The molecule has 1 aromatic rings. The fourth-order valence-electron chi connectivity index (χ4n) is 2.44. The van der Waals surface area contributed by atoms with Crippen LogP contribution in [0.25, 0.3) is 5.57 Å². The maximum Gasteiger partial charge on any atom is 0.110 e. The molecule has 0 aliphatic heterocycles. The molecule has 0 fully saturated rings. The monoisotopic (exact) mass is 312 g/mol. The van der Waals surface area contributed by atoms with Crippen molar-refractivity contribution in [3.8, 4) is 0 Å². The third-order valence-corrected chi connectivity index (χ3v) is 4.08. The van der Waals surface area contributed by atoms with Crippen molar-refractivity contribution in [2.75, 3.05) is 0 Å². The van der Waals surface area contributed by atoms with E-state index >= 15 is 0 Å². The van der Waals surface area contributed by atoms with Crippen molar-refractivity contribution >= 4 is 28.8 Å². The molecule has 1 rings (SSSR count). The Labute approximate surface area is 134 Å². The summed E-state index contributed by atoms with van der Waals surface area (Å²) in [6.45, 7) is 4.35. The van der Waals surface area contributed by atoms with Crippen LogP contribution in [0.2, 0.25) is 0 Å². The van der Waals surface area contributed by atoms with E-state index in [1.165, 1.54) is 50.5 Å². The summed E-state index contributed by atoms with van der Waals surface area (Å²) in [5.74, 6) is 0. The third kappa shape index (κ3) is 6.81. The number of benzene rings is 1. The van der Waals surface area contributed by atoms with E-state index in [9.17, 15) is 0 Å². The lowest BCUT2D eigenvalue weighted by atomic mass is 9.99. The first-order chi connectivity index (χ1) is 9.65. The van der Waals surface area contributed by atoms with Crippen LogP contribution < -0.4 is 0 Å². The van der Waals surface area contributed by atoms with Gasteiger partial charge in [0.2, 0.25) is 0 Å². The lowest BCUT2D eigenvalue weighted by molar-refractivity contribution is 0.593. The van der Waals surface area contributed by atoms with Gasteiger partial charge in [-0.05, 0) is 30.9 Å². The molecule has 1 aromatic carbocycles. The van der Waals surface area contributed by atoms with Gasteiger partial charge in [0.25, 0.3) is 0 Å². The predicted molar refractivity (Wildman–Crippen MR) is 92.4 cm³/mol. The standard InChI is InChI=1S/C18H26Cl2/c1-3-4-5-6-7-8-9-13-17(18(19)20)16-12-10-11-15(2)14-16/h10-12,14H,3-9,13H2,1-2H3. The Morgan fingerprint density at radius 1 is 0.950 bits per heavy atom.